The Labute approximate surface area is 95.7 Å². The molecule has 0 heterocycles. The van der Waals surface area contributed by atoms with Crippen molar-refractivity contribution in [3.8, 4) is 6.07 Å². The Bertz CT molecular complexity index is 380. The molecule has 0 aromatic heterocycles. The van der Waals surface area contributed by atoms with Crippen molar-refractivity contribution in [2.24, 2.45) is 5.73 Å². The topological polar surface area (TPSA) is 49.8 Å². The molecule has 0 spiro atoms. The van der Waals surface area contributed by atoms with E-state index in [0.29, 0.717) is 10.6 Å². The molecule has 1 aromatic rings. The molecule has 0 aliphatic heterocycles. The molecule has 80 valence electrons. The standard InChI is InChI=1S/C12H15ClN2/c1-9-6-10(4-2-3-5-14)7-11(8-15)12(9)13/h6-7H,2-5,14H2,1H3. The monoisotopic (exact) mass is 222 g/mol. The van der Waals surface area contributed by atoms with E-state index < -0.39 is 0 Å². The van der Waals surface area contributed by atoms with E-state index in [-0.39, 0.29) is 0 Å². The fourth-order valence-corrected chi connectivity index (χ4v) is 1.69. The van der Waals surface area contributed by atoms with Crippen molar-refractivity contribution < 1.29 is 0 Å². The normalized spacial score (nSPS) is 10.0. The van der Waals surface area contributed by atoms with Gasteiger partial charge in [0.15, 0.2) is 0 Å². The van der Waals surface area contributed by atoms with Crippen LogP contribution >= 0.6 is 11.6 Å². The Morgan fingerprint density at radius 1 is 1.40 bits per heavy atom. The Morgan fingerprint density at radius 3 is 2.73 bits per heavy atom. The Kier molecular flexibility index (Phi) is 4.61. The van der Waals surface area contributed by atoms with Gasteiger partial charge in [0, 0.05) is 0 Å². The number of halogens is 1. The van der Waals surface area contributed by atoms with Gasteiger partial charge in [-0.1, -0.05) is 17.7 Å². The lowest BCUT2D eigenvalue weighted by molar-refractivity contribution is 0.744. The number of nitriles is 1. The molecule has 1 rings (SSSR count). The van der Waals surface area contributed by atoms with E-state index in [1.165, 1.54) is 5.56 Å². The maximum absolute atomic E-state index is 8.88. The largest absolute Gasteiger partial charge is 0.330 e. The number of hydrogen-bond acceptors (Lipinski definition) is 2. The van der Waals surface area contributed by atoms with Crippen molar-refractivity contribution in [2.45, 2.75) is 26.2 Å². The molecule has 2 N–H and O–H groups in total. The highest BCUT2D eigenvalue weighted by molar-refractivity contribution is 6.32. The third-order valence-corrected chi connectivity index (χ3v) is 2.86. The molecule has 0 aliphatic carbocycles. The van der Waals surface area contributed by atoms with Gasteiger partial charge in [-0.05, 0) is 49.9 Å². The molecule has 3 heteroatoms. The van der Waals surface area contributed by atoms with Crippen LogP contribution in [0.5, 0.6) is 0 Å². The second-order valence-electron chi connectivity index (χ2n) is 3.63. The summed E-state index contributed by atoms with van der Waals surface area (Å²) < 4.78 is 0. The van der Waals surface area contributed by atoms with Crippen LogP contribution in [0.15, 0.2) is 12.1 Å². The molecule has 15 heavy (non-hydrogen) atoms. The number of nitrogens with zero attached hydrogens (tertiary/aromatic N) is 1. The van der Waals surface area contributed by atoms with Gasteiger partial charge in [-0.3, -0.25) is 0 Å². The first kappa shape index (κ1) is 12.0. The summed E-state index contributed by atoms with van der Waals surface area (Å²) in [6.07, 6.45) is 3.04. The Hall–Kier alpha value is -1.04. The quantitative estimate of drug-likeness (QED) is 0.797. The van der Waals surface area contributed by atoms with Crippen LogP contribution in [0.3, 0.4) is 0 Å². The lowest BCUT2D eigenvalue weighted by atomic mass is 10.0. The first-order valence-corrected chi connectivity index (χ1v) is 5.46. The fourth-order valence-electron chi connectivity index (χ4n) is 1.54. The summed E-state index contributed by atoms with van der Waals surface area (Å²) in [6, 6.07) is 6.02. The number of unbranched alkanes of at least 4 members (excludes halogenated alkanes) is 1. The second-order valence-corrected chi connectivity index (χ2v) is 4.01. The van der Waals surface area contributed by atoms with Crippen LogP contribution in [0.1, 0.15) is 29.5 Å². The fraction of sp³-hybridized carbons (Fsp3) is 0.417. The number of rotatable bonds is 4. The number of nitrogens with two attached hydrogens (primary N) is 1. The van der Waals surface area contributed by atoms with E-state index in [0.717, 1.165) is 31.4 Å². The smallest absolute Gasteiger partial charge is 0.101 e. The first-order valence-electron chi connectivity index (χ1n) is 5.08. The van der Waals surface area contributed by atoms with Crippen molar-refractivity contribution in [2.75, 3.05) is 6.54 Å². The average molecular weight is 223 g/mol. The molecule has 0 bridgehead atoms. The van der Waals surface area contributed by atoms with Gasteiger partial charge in [0.05, 0.1) is 10.6 Å². The van der Waals surface area contributed by atoms with Gasteiger partial charge in [-0.15, -0.1) is 0 Å². The molecule has 0 radical (unpaired) electrons. The van der Waals surface area contributed by atoms with Gasteiger partial charge in [-0.25, -0.2) is 0 Å². The molecule has 0 unspecified atom stereocenters. The Balaban J connectivity index is 2.83. The van der Waals surface area contributed by atoms with Gasteiger partial charge in [0.1, 0.15) is 6.07 Å². The number of benzene rings is 1. The average Bonchev–Trinajstić information content (AvgIpc) is 2.23. The third kappa shape index (κ3) is 3.23. The van der Waals surface area contributed by atoms with Crippen LogP contribution in [-0.4, -0.2) is 6.54 Å². The zero-order valence-corrected chi connectivity index (χ0v) is 9.64. The minimum Gasteiger partial charge on any atom is -0.330 e. The molecule has 0 saturated carbocycles. The van der Waals surface area contributed by atoms with Gasteiger partial charge in [-0.2, -0.15) is 5.26 Å². The third-order valence-electron chi connectivity index (χ3n) is 2.35. The summed E-state index contributed by atoms with van der Waals surface area (Å²) in [7, 11) is 0. The van der Waals surface area contributed by atoms with Gasteiger partial charge in [0.25, 0.3) is 0 Å². The first-order chi connectivity index (χ1) is 7.19. The van der Waals surface area contributed by atoms with Crippen molar-refractivity contribution in [1.82, 2.24) is 0 Å². The molecule has 0 amide bonds. The SMILES string of the molecule is Cc1cc(CCCCN)cc(C#N)c1Cl. The zero-order valence-electron chi connectivity index (χ0n) is 8.89. The molecule has 0 saturated heterocycles. The van der Waals surface area contributed by atoms with Crippen molar-refractivity contribution in [3.05, 3.63) is 33.8 Å². The summed E-state index contributed by atoms with van der Waals surface area (Å²) in [5.41, 5.74) is 8.14. The van der Waals surface area contributed by atoms with E-state index in [2.05, 4.69) is 6.07 Å². The molecular formula is C12H15ClN2. The van der Waals surface area contributed by atoms with E-state index in [1.54, 1.807) is 0 Å². The lowest BCUT2D eigenvalue weighted by Crippen LogP contribution is -1.99. The Morgan fingerprint density at radius 2 is 2.13 bits per heavy atom. The van der Waals surface area contributed by atoms with Crippen molar-refractivity contribution in [3.63, 3.8) is 0 Å². The van der Waals surface area contributed by atoms with Crippen LogP contribution in [0.4, 0.5) is 0 Å². The highest BCUT2D eigenvalue weighted by atomic mass is 35.5. The predicted molar refractivity (Wildman–Crippen MR) is 62.9 cm³/mol. The van der Waals surface area contributed by atoms with E-state index in [4.69, 9.17) is 22.6 Å². The van der Waals surface area contributed by atoms with Crippen LogP contribution in [0.2, 0.25) is 5.02 Å². The van der Waals surface area contributed by atoms with E-state index in [9.17, 15) is 0 Å². The molecule has 0 fully saturated rings. The van der Waals surface area contributed by atoms with Gasteiger partial charge in [0.2, 0.25) is 0 Å². The molecule has 2 nitrogen and oxygen atoms in total. The minimum atomic E-state index is 0.569. The summed E-state index contributed by atoms with van der Waals surface area (Å²) >= 11 is 5.98. The van der Waals surface area contributed by atoms with Crippen LogP contribution in [0.25, 0.3) is 0 Å². The minimum absolute atomic E-state index is 0.569. The molecule has 1 aromatic carbocycles. The summed E-state index contributed by atoms with van der Waals surface area (Å²) in [6.45, 7) is 2.65. The summed E-state index contributed by atoms with van der Waals surface area (Å²) in [5, 5.41) is 9.45. The predicted octanol–water partition coefficient (Wildman–Crippen LogP) is 2.80. The van der Waals surface area contributed by atoms with E-state index >= 15 is 0 Å². The maximum Gasteiger partial charge on any atom is 0.101 e. The highest BCUT2D eigenvalue weighted by Gasteiger charge is 2.05. The van der Waals surface area contributed by atoms with Crippen molar-refractivity contribution >= 4 is 11.6 Å². The molecular weight excluding hydrogens is 208 g/mol. The zero-order chi connectivity index (χ0) is 11.3. The van der Waals surface area contributed by atoms with Gasteiger partial charge >= 0.3 is 0 Å². The highest BCUT2D eigenvalue weighted by Crippen LogP contribution is 2.22. The van der Waals surface area contributed by atoms with Crippen molar-refractivity contribution in [1.29, 1.82) is 5.26 Å². The number of aryl methyl sites for hydroxylation is 2. The number of hydrogen-bond donors (Lipinski definition) is 1. The van der Waals surface area contributed by atoms with Crippen LogP contribution in [0, 0.1) is 18.3 Å². The molecule has 0 atom stereocenters. The summed E-state index contributed by atoms with van der Waals surface area (Å²) in [4.78, 5) is 0. The van der Waals surface area contributed by atoms with E-state index in [1.807, 2.05) is 19.1 Å². The van der Waals surface area contributed by atoms with Gasteiger partial charge < -0.3 is 5.73 Å². The molecule has 0 aliphatic rings. The van der Waals surface area contributed by atoms with Crippen LogP contribution in [-0.2, 0) is 6.42 Å². The maximum atomic E-state index is 8.88. The second kappa shape index (κ2) is 5.75. The van der Waals surface area contributed by atoms with Crippen LogP contribution < -0.4 is 5.73 Å². The lowest BCUT2D eigenvalue weighted by Gasteiger charge is -2.05. The summed E-state index contributed by atoms with van der Waals surface area (Å²) in [5.74, 6) is 0.